The summed E-state index contributed by atoms with van der Waals surface area (Å²) in [6.45, 7) is 0. The molecule has 0 amide bonds. The van der Waals surface area contributed by atoms with Crippen molar-refractivity contribution in [1.82, 2.24) is 9.97 Å². The fraction of sp³-hybridized carbons (Fsp3) is 0.0400. The second-order valence-corrected chi connectivity index (χ2v) is 13.3. The first kappa shape index (κ1) is 32.8. The molecule has 0 saturated heterocycles. The van der Waals surface area contributed by atoms with Crippen LogP contribution in [0.4, 0.5) is 0 Å². The van der Waals surface area contributed by atoms with Crippen LogP contribution < -0.4 is 9.47 Å². The minimum absolute atomic E-state index is 0.801. The van der Waals surface area contributed by atoms with E-state index in [0.717, 1.165) is 78.1 Å². The summed E-state index contributed by atoms with van der Waals surface area (Å²) in [6, 6.07) is 63.6. The van der Waals surface area contributed by atoms with E-state index in [4.69, 9.17) is 19.4 Å². The predicted octanol–water partition coefficient (Wildman–Crippen LogP) is 12.8. The summed E-state index contributed by atoms with van der Waals surface area (Å²) < 4.78 is 11.0. The minimum Gasteiger partial charge on any atom is -0.497 e. The molecule has 0 radical (unpaired) electrons. The zero-order chi connectivity index (χ0) is 36.4. The Kier molecular flexibility index (Phi) is 8.62. The van der Waals surface area contributed by atoms with Crippen LogP contribution in [0.25, 0.3) is 88.8 Å². The van der Waals surface area contributed by atoms with E-state index in [9.17, 15) is 0 Å². The second-order valence-electron chi connectivity index (χ2n) is 13.3. The fourth-order valence-corrected chi connectivity index (χ4v) is 7.22. The van der Waals surface area contributed by atoms with E-state index in [-0.39, 0.29) is 0 Å². The zero-order valence-corrected chi connectivity index (χ0v) is 30.0. The van der Waals surface area contributed by atoms with Gasteiger partial charge in [0.05, 0.1) is 36.6 Å². The van der Waals surface area contributed by atoms with E-state index in [1.54, 1.807) is 14.2 Å². The smallest absolute Gasteiger partial charge is 0.118 e. The van der Waals surface area contributed by atoms with Gasteiger partial charge < -0.3 is 9.47 Å². The summed E-state index contributed by atoms with van der Waals surface area (Å²) in [4.78, 5) is 10.8. The van der Waals surface area contributed by atoms with Crippen LogP contribution in [0.3, 0.4) is 0 Å². The summed E-state index contributed by atoms with van der Waals surface area (Å²) >= 11 is 0. The normalized spacial score (nSPS) is 11.1. The summed E-state index contributed by atoms with van der Waals surface area (Å²) in [5.74, 6) is 1.60. The topological polar surface area (TPSA) is 44.2 Å². The van der Waals surface area contributed by atoms with Gasteiger partial charge in [0.25, 0.3) is 0 Å². The molecule has 0 spiro atoms. The fourth-order valence-electron chi connectivity index (χ4n) is 7.22. The van der Waals surface area contributed by atoms with Gasteiger partial charge in [-0.25, -0.2) is 9.97 Å². The molecule has 0 saturated carbocycles. The van der Waals surface area contributed by atoms with Crippen LogP contribution in [0, 0.1) is 0 Å². The first-order valence-electron chi connectivity index (χ1n) is 18.0. The summed E-state index contributed by atoms with van der Waals surface area (Å²) in [6.07, 6.45) is 0. The number of hydrogen-bond donors (Lipinski definition) is 0. The molecule has 2 aromatic heterocycles. The van der Waals surface area contributed by atoms with Gasteiger partial charge in [0.2, 0.25) is 0 Å². The number of fused-ring (bicyclic) bond motifs is 3. The molecule has 0 aliphatic carbocycles. The van der Waals surface area contributed by atoms with E-state index < -0.39 is 0 Å². The van der Waals surface area contributed by atoms with Gasteiger partial charge >= 0.3 is 0 Å². The van der Waals surface area contributed by atoms with E-state index >= 15 is 0 Å². The highest BCUT2D eigenvalue weighted by Gasteiger charge is 2.18. The van der Waals surface area contributed by atoms with Crippen LogP contribution in [-0.2, 0) is 0 Å². The molecule has 2 heterocycles. The van der Waals surface area contributed by atoms with Gasteiger partial charge in [-0.1, -0.05) is 121 Å². The van der Waals surface area contributed by atoms with E-state index in [0.29, 0.717) is 0 Å². The molecule has 9 aromatic rings. The van der Waals surface area contributed by atoms with Crippen molar-refractivity contribution >= 4 is 21.8 Å². The molecule has 0 aliphatic rings. The number of nitrogens with zero attached hydrogens (tertiary/aromatic N) is 2. The minimum atomic E-state index is 0.801. The van der Waals surface area contributed by atoms with Crippen LogP contribution in [0.2, 0.25) is 0 Å². The van der Waals surface area contributed by atoms with Gasteiger partial charge in [0.15, 0.2) is 0 Å². The number of pyridine rings is 2. The van der Waals surface area contributed by atoms with Gasteiger partial charge in [-0.05, 0) is 105 Å². The average molecular weight is 697 g/mol. The Morgan fingerprint density at radius 2 is 0.630 bits per heavy atom. The molecule has 9 rings (SSSR count). The van der Waals surface area contributed by atoms with E-state index in [2.05, 4.69) is 146 Å². The maximum atomic E-state index is 5.49. The van der Waals surface area contributed by atoms with Crippen LogP contribution in [0.5, 0.6) is 11.5 Å². The lowest BCUT2D eigenvalue weighted by molar-refractivity contribution is 0.415. The first-order chi connectivity index (χ1) is 26.6. The van der Waals surface area contributed by atoms with Crippen molar-refractivity contribution in [3.63, 3.8) is 0 Å². The Morgan fingerprint density at radius 3 is 0.981 bits per heavy atom. The van der Waals surface area contributed by atoms with Gasteiger partial charge in [-0.15, -0.1) is 0 Å². The SMILES string of the molecule is COc1ccc(-c2cc(-c3ccc(-c4ccccc4)cc3)c3ccc4c(-c5ccc(-c6ccccc6)cc5)cc(-c5ccc(OC)cc5)nc4c3n2)cc1. The van der Waals surface area contributed by atoms with Gasteiger partial charge in [-0.2, -0.15) is 0 Å². The molecule has 258 valence electrons. The number of hydrogen-bond acceptors (Lipinski definition) is 4. The molecule has 7 aromatic carbocycles. The number of ether oxygens (including phenoxy) is 2. The highest BCUT2D eigenvalue weighted by molar-refractivity contribution is 6.13. The lowest BCUT2D eigenvalue weighted by Gasteiger charge is -2.16. The first-order valence-corrected chi connectivity index (χ1v) is 18.0. The number of aromatic nitrogens is 2. The van der Waals surface area contributed by atoms with E-state index in [1.807, 2.05) is 36.4 Å². The average Bonchev–Trinajstić information content (AvgIpc) is 3.26. The Hall–Kier alpha value is -7.04. The third kappa shape index (κ3) is 6.24. The van der Waals surface area contributed by atoms with Crippen molar-refractivity contribution in [1.29, 1.82) is 0 Å². The molecule has 0 atom stereocenters. The third-order valence-electron chi connectivity index (χ3n) is 10.1. The molecule has 0 bridgehead atoms. The van der Waals surface area contributed by atoms with Crippen LogP contribution >= 0.6 is 0 Å². The maximum absolute atomic E-state index is 5.49. The van der Waals surface area contributed by atoms with Crippen molar-refractivity contribution in [3.8, 4) is 78.5 Å². The summed E-state index contributed by atoms with van der Waals surface area (Å²) in [5.41, 5.74) is 14.6. The third-order valence-corrected chi connectivity index (χ3v) is 10.1. The second kappa shape index (κ2) is 14.2. The molecule has 0 unspecified atom stereocenters. The molecule has 4 nitrogen and oxygen atoms in total. The van der Waals surface area contributed by atoms with Gasteiger partial charge in [0.1, 0.15) is 11.5 Å². The van der Waals surface area contributed by atoms with E-state index in [1.165, 1.54) is 22.3 Å². The lowest BCUT2D eigenvalue weighted by atomic mass is 9.92. The van der Waals surface area contributed by atoms with Crippen molar-refractivity contribution < 1.29 is 9.47 Å². The zero-order valence-electron chi connectivity index (χ0n) is 30.0. The summed E-state index contributed by atoms with van der Waals surface area (Å²) in [5, 5.41) is 2.08. The van der Waals surface area contributed by atoms with Gasteiger partial charge in [-0.3, -0.25) is 0 Å². The Morgan fingerprint density at radius 1 is 0.315 bits per heavy atom. The highest BCUT2D eigenvalue weighted by Crippen LogP contribution is 2.40. The van der Waals surface area contributed by atoms with Crippen LogP contribution in [0.1, 0.15) is 0 Å². The Bertz CT molecular complexity index is 2530. The molecular formula is C50H36N2O2. The van der Waals surface area contributed by atoms with Crippen molar-refractivity contribution in [3.05, 3.63) is 182 Å². The van der Waals surface area contributed by atoms with Crippen molar-refractivity contribution in [2.45, 2.75) is 0 Å². The summed E-state index contributed by atoms with van der Waals surface area (Å²) in [7, 11) is 3.37. The highest BCUT2D eigenvalue weighted by atomic mass is 16.5. The standard InChI is InChI=1S/C50H36N2O2/c1-53-41-25-21-39(22-26-41)47-31-45(37-17-13-35(14-18-37)33-9-5-3-6-10-33)43-29-30-44-46(38-19-15-36(16-20-38)34-11-7-4-8-12-34)32-48(52-50(44)49(43)51-47)40-23-27-42(54-2)28-24-40/h3-32H,1-2H3. The molecule has 0 N–H and O–H groups in total. The predicted molar refractivity (Wildman–Crippen MR) is 223 cm³/mol. The maximum Gasteiger partial charge on any atom is 0.118 e. The quantitative estimate of drug-likeness (QED) is 0.148. The number of rotatable bonds is 8. The molecule has 54 heavy (non-hydrogen) atoms. The van der Waals surface area contributed by atoms with Crippen LogP contribution in [0.15, 0.2) is 182 Å². The molecular weight excluding hydrogens is 661 g/mol. The number of methoxy groups -OCH3 is 2. The van der Waals surface area contributed by atoms with Crippen molar-refractivity contribution in [2.75, 3.05) is 14.2 Å². The van der Waals surface area contributed by atoms with Crippen molar-refractivity contribution in [2.24, 2.45) is 0 Å². The molecule has 0 fully saturated rings. The molecule has 4 heteroatoms. The Balaban J connectivity index is 1.29. The largest absolute Gasteiger partial charge is 0.497 e. The lowest BCUT2D eigenvalue weighted by Crippen LogP contribution is -1.96. The molecule has 0 aliphatic heterocycles. The monoisotopic (exact) mass is 696 g/mol. The number of benzene rings is 7. The Labute approximate surface area is 315 Å². The van der Waals surface area contributed by atoms with Crippen LogP contribution in [-0.4, -0.2) is 24.2 Å². The van der Waals surface area contributed by atoms with Gasteiger partial charge in [0, 0.05) is 21.9 Å².